The molecule has 2 unspecified atom stereocenters. The van der Waals surface area contributed by atoms with E-state index in [9.17, 15) is 10.1 Å². The largest absolute Gasteiger partial charge is 0.330 e. The van der Waals surface area contributed by atoms with E-state index in [0.717, 1.165) is 29.5 Å². The normalized spacial score (nSPS) is 23.7. The summed E-state index contributed by atoms with van der Waals surface area (Å²) in [5.74, 6) is 0.292. The van der Waals surface area contributed by atoms with Gasteiger partial charge in [-0.2, -0.15) is 0 Å². The highest BCUT2D eigenvalue weighted by atomic mass is 79.9. The molecule has 0 aromatic heterocycles. The third-order valence-electron chi connectivity index (χ3n) is 3.84. The molecule has 6 heteroatoms. The second kappa shape index (κ2) is 5.98. The Kier molecular flexibility index (Phi) is 4.54. The summed E-state index contributed by atoms with van der Waals surface area (Å²) in [6.07, 6.45) is 1.00. The van der Waals surface area contributed by atoms with Gasteiger partial charge in [0.05, 0.1) is 4.92 Å². The van der Waals surface area contributed by atoms with E-state index in [2.05, 4.69) is 27.8 Å². The Balaban J connectivity index is 2.46. The van der Waals surface area contributed by atoms with Crippen LogP contribution in [0.3, 0.4) is 0 Å². The maximum Gasteiger partial charge on any atom is 0.275 e. The Morgan fingerprint density at radius 3 is 2.89 bits per heavy atom. The predicted octanol–water partition coefficient (Wildman–Crippen LogP) is 2.70. The highest BCUT2D eigenvalue weighted by Crippen LogP contribution is 2.41. The van der Waals surface area contributed by atoms with Crippen molar-refractivity contribution in [2.24, 2.45) is 11.7 Å². The number of rotatable bonds is 4. The first-order chi connectivity index (χ1) is 9.08. The fourth-order valence-electron chi connectivity index (χ4n) is 2.90. The number of nitro groups is 1. The van der Waals surface area contributed by atoms with E-state index in [1.807, 2.05) is 12.1 Å². The maximum atomic E-state index is 11.3. The van der Waals surface area contributed by atoms with Crippen LogP contribution in [0.25, 0.3) is 0 Å². The summed E-state index contributed by atoms with van der Waals surface area (Å²) < 4.78 is 0.730. The van der Waals surface area contributed by atoms with Gasteiger partial charge in [0.25, 0.3) is 5.69 Å². The highest BCUT2D eigenvalue weighted by Gasteiger charge is 2.37. The first kappa shape index (κ1) is 14.4. The summed E-state index contributed by atoms with van der Waals surface area (Å²) in [5, 5.41) is 11.3. The highest BCUT2D eigenvalue weighted by molar-refractivity contribution is 9.10. The maximum absolute atomic E-state index is 11.3. The van der Waals surface area contributed by atoms with Crippen LogP contribution in [-0.4, -0.2) is 29.5 Å². The number of nitrogens with zero attached hydrogens (tertiary/aromatic N) is 2. The second-order valence-corrected chi connectivity index (χ2v) is 5.73. The van der Waals surface area contributed by atoms with Crippen LogP contribution in [0.1, 0.15) is 24.9 Å². The Bertz CT molecular complexity index is 469. The van der Waals surface area contributed by atoms with Gasteiger partial charge in [-0.25, -0.2) is 0 Å². The summed E-state index contributed by atoms with van der Waals surface area (Å²) in [5.41, 5.74) is 6.79. The lowest BCUT2D eigenvalue weighted by molar-refractivity contribution is -0.386. The summed E-state index contributed by atoms with van der Waals surface area (Å²) in [6.45, 7) is 4.48. The van der Waals surface area contributed by atoms with Crippen LogP contribution >= 0.6 is 15.9 Å². The van der Waals surface area contributed by atoms with E-state index in [0.29, 0.717) is 12.5 Å². The van der Waals surface area contributed by atoms with Crippen molar-refractivity contribution in [3.63, 3.8) is 0 Å². The number of nitro benzene ring substituents is 1. The molecular weight excluding hydrogens is 310 g/mol. The average Bonchev–Trinajstić information content (AvgIpc) is 2.81. The number of likely N-dealkylation sites (tertiary alicyclic amines) is 1. The quantitative estimate of drug-likeness (QED) is 0.681. The zero-order chi connectivity index (χ0) is 14.0. The molecule has 0 aliphatic carbocycles. The van der Waals surface area contributed by atoms with Gasteiger partial charge in [-0.15, -0.1) is 0 Å². The number of benzene rings is 1. The van der Waals surface area contributed by atoms with Crippen molar-refractivity contribution in [3.05, 3.63) is 38.3 Å². The van der Waals surface area contributed by atoms with Crippen molar-refractivity contribution >= 4 is 21.6 Å². The lowest BCUT2D eigenvalue weighted by atomic mass is 9.92. The van der Waals surface area contributed by atoms with Gasteiger partial charge in [0.2, 0.25) is 0 Å². The number of nitrogens with two attached hydrogens (primary N) is 1. The molecule has 19 heavy (non-hydrogen) atoms. The van der Waals surface area contributed by atoms with Gasteiger partial charge >= 0.3 is 0 Å². The van der Waals surface area contributed by atoms with E-state index in [-0.39, 0.29) is 16.7 Å². The average molecular weight is 328 g/mol. The minimum Gasteiger partial charge on any atom is -0.330 e. The zero-order valence-electron chi connectivity index (χ0n) is 10.9. The van der Waals surface area contributed by atoms with Crippen LogP contribution < -0.4 is 5.73 Å². The standard InChI is InChI=1S/C13H18BrN3O2/c1-2-16-6-5-9(8-15)13(16)11-4-3-10(14)7-12(11)17(18)19/h3-4,7,9,13H,2,5-6,8,15H2,1H3. The van der Waals surface area contributed by atoms with Crippen molar-refractivity contribution in [1.82, 2.24) is 4.90 Å². The van der Waals surface area contributed by atoms with Gasteiger partial charge < -0.3 is 5.73 Å². The smallest absolute Gasteiger partial charge is 0.275 e. The number of hydrogen-bond donors (Lipinski definition) is 1. The molecular formula is C13H18BrN3O2. The van der Waals surface area contributed by atoms with Crippen molar-refractivity contribution in [3.8, 4) is 0 Å². The molecule has 5 nitrogen and oxygen atoms in total. The SMILES string of the molecule is CCN1CCC(CN)C1c1ccc(Br)cc1[N+](=O)[O-]. The van der Waals surface area contributed by atoms with E-state index in [4.69, 9.17) is 5.73 Å². The van der Waals surface area contributed by atoms with Crippen LogP contribution in [0.4, 0.5) is 5.69 Å². The van der Waals surface area contributed by atoms with Gasteiger partial charge in [-0.05, 0) is 44.1 Å². The van der Waals surface area contributed by atoms with Gasteiger partial charge in [-0.1, -0.05) is 22.9 Å². The van der Waals surface area contributed by atoms with Crippen LogP contribution in [0.15, 0.2) is 22.7 Å². The number of halogens is 1. The third-order valence-corrected chi connectivity index (χ3v) is 4.34. The topological polar surface area (TPSA) is 72.4 Å². The molecule has 1 heterocycles. The monoisotopic (exact) mass is 327 g/mol. The Hall–Kier alpha value is -0.980. The van der Waals surface area contributed by atoms with E-state index in [1.165, 1.54) is 0 Å². The minimum atomic E-state index is -0.306. The fraction of sp³-hybridized carbons (Fsp3) is 0.538. The van der Waals surface area contributed by atoms with Crippen molar-refractivity contribution in [2.45, 2.75) is 19.4 Å². The van der Waals surface area contributed by atoms with E-state index < -0.39 is 0 Å². The van der Waals surface area contributed by atoms with Gasteiger partial charge in [0, 0.05) is 22.1 Å². The third kappa shape index (κ3) is 2.80. The summed E-state index contributed by atoms with van der Waals surface area (Å²) in [6, 6.07) is 5.35. The molecule has 1 aromatic rings. The molecule has 1 aliphatic heterocycles. The molecule has 104 valence electrons. The van der Waals surface area contributed by atoms with Crippen LogP contribution in [0, 0.1) is 16.0 Å². The molecule has 2 N–H and O–H groups in total. The molecule has 1 saturated heterocycles. The fourth-order valence-corrected chi connectivity index (χ4v) is 3.25. The van der Waals surface area contributed by atoms with Gasteiger partial charge in [-0.3, -0.25) is 15.0 Å². The first-order valence-corrected chi connectivity index (χ1v) is 7.25. The van der Waals surface area contributed by atoms with Crippen molar-refractivity contribution < 1.29 is 4.92 Å². The summed E-state index contributed by atoms with van der Waals surface area (Å²) in [4.78, 5) is 13.2. The van der Waals surface area contributed by atoms with Crippen LogP contribution in [0.5, 0.6) is 0 Å². The summed E-state index contributed by atoms with van der Waals surface area (Å²) >= 11 is 3.29. The zero-order valence-corrected chi connectivity index (χ0v) is 12.5. The predicted molar refractivity (Wildman–Crippen MR) is 77.9 cm³/mol. The minimum absolute atomic E-state index is 0.0588. The molecule has 2 rings (SSSR count). The number of hydrogen-bond acceptors (Lipinski definition) is 4. The molecule has 0 saturated carbocycles. The van der Waals surface area contributed by atoms with Crippen molar-refractivity contribution in [1.29, 1.82) is 0 Å². The molecule has 0 bridgehead atoms. The molecule has 1 aliphatic rings. The lowest BCUT2D eigenvalue weighted by Gasteiger charge is -2.26. The molecule has 1 aromatic carbocycles. The molecule has 0 amide bonds. The van der Waals surface area contributed by atoms with Crippen LogP contribution in [0.2, 0.25) is 0 Å². The Labute approximate surface area is 121 Å². The van der Waals surface area contributed by atoms with Gasteiger partial charge in [0.15, 0.2) is 0 Å². The van der Waals surface area contributed by atoms with Gasteiger partial charge in [0.1, 0.15) is 0 Å². The Morgan fingerprint density at radius 2 is 2.32 bits per heavy atom. The van der Waals surface area contributed by atoms with E-state index >= 15 is 0 Å². The molecule has 1 fully saturated rings. The molecule has 0 radical (unpaired) electrons. The molecule has 0 spiro atoms. The molecule has 2 atom stereocenters. The van der Waals surface area contributed by atoms with Crippen LogP contribution in [-0.2, 0) is 0 Å². The lowest BCUT2D eigenvalue weighted by Crippen LogP contribution is -2.28. The summed E-state index contributed by atoms with van der Waals surface area (Å²) in [7, 11) is 0. The van der Waals surface area contributed by atoms with Crippen molar-refractivity contribution in [2.75, 3.05) is 19.6 Å². The second-order valence-electron chi connectivity index (χ2n) is 4.82. The first-order valence-electron chi connectivity index (χ1n) is 6.46. The van der Waals surface area contributed by atoms with E-state index in [1.54, 1.807) is 6.07 Å². The Morgan fingerprint density at radius 1 is 1.58 bits per heavy atom.